The second kappa shape index (κ2) is 4.51. The van der Waals surface area contributed by atoms with Crippen LogP contribution in [0.1, 0.15) is 39.0 Å². The molecule has 1 N–H and O–H groups in total. The van der Waals surface area contributed by atoms with Gasteiger partial charge in [0.15, 0.2) is 0 Å². The molecule has 4 heteroatoms. The van der Waals surface area contributed by atoms with Crippen LogP contribution in [0.4, 0.5) is 0 Å². The fraction of sp³-hybridized carbons (Fsp3) is 0.692. The number of carboxylic acid groups (broad SMARTS) is 1. The van der Waals surface area contributed by atoms with E-state index in [9.17, 15) is 14.7 Å². The number of rotatable bonds is 2. The summed E-state index contributed by atoms with van der Waals surface area (Å²) >= 11 is 0. The predicted octanol–water partition coefficient (Wildman–Crippen LogP) is 1.81. The Morgan fingerprint density at radius 1 is 1.41 bits per heavy atom. The van der Waals surface area contributed by atoms with Gasteiger partial charge in [0, 0.05) is 12.5 Å². The van der Waals surface area contributed by atoms with Crippen molar-refractivity contribution in [3.63, 3.8) is 0 Å². The fourth-order valence-electron chi connectivity index (χ4n) is 2.78. The van der Waals surface area contributed by atoms with Gasteiger partial charge in [-0.05, 0) is 39.0 Å². The summed E-state index contributed by atoms with van der Waals surface area (Å²) in [5, 5.41) is 9.28. The predicted molar refractivity (Wildman–Crippen MR) is 63.5 cm³/mol. The van der Waals surface area contributed by atoms with Gasteiger partial charge in [0.25, 0.3) is 0 Å². The summed E-state index contributed by atoms with van der Waals surface area (Å²) in [5.74, 6) is -0.872. The third-order valence-corrected chi connectivity index (χ3v) is 3.99. The Morgan fingerprint density at radius 2 is 2.18 bits per heavy atom. The second-order valence-electron chi connectivity index (χ2n) is 5.15. The third kappa shape index (κ3) is 2.08. The maximum atomic E-state index is 12.3. The molecule has 0 saturated carbocycles. The molecule has 1 fully saturated rings. The first-order chi connectivity index (χ1) is 8.05. The van der Waals surface area contributed by atoms with Crippen molar-refractivity contribution < 1.29 is 14.7 Å². The summed E-state index contributed by atoms with van der Waals surface area (Å²) in [6.07, 6.45) is 8.00. The van der Waals surface area contributed by atoms with Crippen LogP contribution in [0.15, 0.2) is 12.2 Å². The van der Waals surface area contributed by atoms with Crippen LogP contribution in [-0.2, 0) is 9.59 Å². The lowest BCUT2D eigenvalue weighted by Gasteiger charge is -2.34. The number of amides is 1. The van der Waals surface area contributed by atoms with Crippen molar-refractivity contribution in [2.45, 2.75) is 44.6 Å². The van der Waals surface area contributed by atoms with Crippen molar-refractivity contribution in [3.05, 3.63) is 12.2 Å². The largest absolute Gasteiger partial charge is 0.480 e. The van der Waals surface area contributed by atoms with E-state index < -0.39 is 11.5 Å². The second-order valence-corrected chi connectivity index (χ2v) is 5.15. The van der Waals surface area contributed by atoms with E-state index in [0.29, 0.717) is 13.0 Å². The molecule has 4 nitrogen and oxygen atoms in total. The highest BCUT2D eigenvalue weighted by atomic mass is 16.4. The first kappa shape index (κ1) is 12.1. The molecule has 0 aromatic heterocycles. The standard InChI is InChI=1S/C13H19NO3/c1-13(12(16)17)8-5-9-14(13)11(15)10-6-3-2-4-7-10/h2-3,10H,4-9H2,1H3,(H,16,17). The normalized spacial score (nSPS) is 32.8. The van der Waals surface area contributed by atoms with Crippen molar-refractivity contribution in [2.75, 3.05) is 6.54 Å². The molecule has 1 aliphatic heterocycles. The summed E-state index contributed by atoms with van der Waals surface area (Å²) < 4.78 is 0. The van der Waals surface area contributed by atoms with Gasteiger partial charge in [0.1, 0.15) is 5.54 Å². The summed E-state index contributed by atoms with van der Waals surface area (Å²) in [7, 11) is 0. The zero-order valence-electron chi connectivity index (χ0n) is 10.2. The lowest BCUT2D eigenvalue weighted by Crippen LogP contribution is -2.52. The van der Waals surface area contributed by atoms with Gasteiger partial charge in [0.2, 0.25) is 5.91 Å². The first-order valence-corrected chi connectivity index (χ1v) is 6.25. The van der Waals surface area contributed by atoms with Crippen LogP contribution in [0.2, 0.25) is 0 Å². The Morgan fingerprint density at radius 3 is 2.76 bits per heavy atom. The Kier molecular flexibility index (Phi) is 3.22. The fourth-order valence-corrected chi connectivity index (χ4v) is 2.78. The number of hydrogen-bond acceptors (Lipinski definition) is 2. The minimum absolute atomic E-state index is 0.0169. The average molecular weight is 237 g/mol. The zero-order chi connectivity index (χ0) is 12.5. The van der Waals surface area contributed by atoms with E-state index in [4.69, 9.17) is 0 Å². The molecule has 2 unspecified atom stereocenters. The van der Waals surface area contributed by atoms with Gasteiger partial charge in [-0.1, -0.05) is 12.2 Å². The summed E-state index contributed by atoms with van der Waals surface area (Å²) in [6.45, 7) is 2.25. The lowest BCUT2D eigenvalue weighted by atomic mass is 9.91. The van der Waals surface area contributed by atoms with Crippen molar-refractivity contribution in [3.8, 4) is 0 Å². The van der Waals surface area contributed by atoms with Crippen molar-refractivity contribution >= 4 is 11.9 Å². The van der Waals surface area contributed by atoms with E-state index in [1.807, 2.05) is 6.08 Å². The van der Waals surface area contributed by atoms with Crippen LogP contribution in [0.5, 0.6) is 0 Å². The molecule has 0 aromatic carbocycles. The zero-order valence-corrected chi connectivity index (χ0v) is 10.2. The molecule has 1 saturated heterocycles. The first-order valence-electron chi connectivity index (χ1n) is 6.25. The molecule has 1 heterocycles. The van der Waals surface area contributed by atoms with Crippen LogP contribution in [-0.4, -0.2) is 34.0 Å². The Bertz CT molecular complexity index is 364. The van der Waals surface area contributed by atoms with Crippen LogP contribution in [0, 0.1) is 5.92 Å². The number of hydrogen-bond donors (Lipinski definition) is 1. The molecular weight excluding hydrogens is 218 g/mol. The number of aliphatic carboxylic acids is 1. The Hall–Kier alpha value is -1.32. The van der Waals surface area contributed by atoms with E-state index in [0.717, 1.165) is 25.7 Å². The van der Waals surface area contributed by atoms with Crippen LogP contribution in [0.3, 0.4) is 0 Å². The molecule has 0 radical (unpaired) electrons. The number of nitrogens with zero attached hydrogens (tertiary/aromatic N) is 1. The van der Waals surface area contributed by atoms with Crippen molar-refractivity contribution in [1.82, 2.24) is 4.90 Å². The van der Waals surface area contributed by atoms with E-state index in [2.05, 4.69) is 6.08 Å². The smallest absolute Gasteiger partial charge is 0.329 e. The molecule has 94 valence electrons. The highest BCUT2D eigenvalue weighted by molar-refractivity contribution is 5.88. The maximum absolute atomic E-state index is 12.3. The van der Waals surface area contributed by atoms with E-state index in [1.54, 1.807) is 11.8 Å². The minimum Gasteiger partial charge on any atom is -0.480 e. The monoisotopic (exact) mass is 237 g/mol. The molecule has 1 amide bonds. The molecule has 17 heavy (non-hydrogen) atoms. The molecular formula is C13H19NO3. The highest BCUT2D eigenvalue weighted by Crippen LogP contribution is 2.32. The number of likely N-dealkylation sites (tertiary alicyclic amines) is 1. The van der Waals surface area contributed by atoms with Crippen LogP contribution < -0.4 is 0 Å². The Labute approximate surface area is 101 Å². The lowest BCUT2D eigenvalue weighted by molar-refractivity contribution is -0.157. The summed E-state index contributed by atoms with van der Waals surface area (Å²) in [4.78, 5) is 25.2. The highest BCUT2D eigenvalue weighted by Gasteiger charge is 2.47. The number of allylic oxidation sites excluding steroid dienone is 2. The van der Waals surface area contributed by atoms with Gasteiger partial charge in [0.05, 0.1) is 0 Å². The quantitative estimate of drug-likeness (QED) is 0.745. The Balaban J connectivity index is 2.13. The van der Waals surface area contributed by atoms with E-state index in [-0.39, 0.29) is 11.8 Å². The van der Waals surface area contributed by atoms with E-state index in [1.165, 1.54) is 0 Å². The topological polar surface area (TPSA) is 57.6 Å². The summed E-state index contributed by atoms with van der Waals surface area (Å²) in [5.41, 5.74) is -0.988. The maximum Gasteiger partial charge on any atom is 0.329 e. The molecule has 0 aromatic rings. The van der Waals surface area contributed by atoms with E-state index >= 15 is 0 Å². The van der Waals surface area contributed by atoms with Gasteiger partial charge in [-0.25, -0.2) is 4.79 Å². The molecule has 2 atom stereocenters. The van der Waals surface area contributed by atoms with Crippen molar-refractivity contribution in [2.24, 2.45) is 5.92 Å². The SMILES string of the molecule is CC1(C(=O)O)CCCN1C(=O)C1CC=CCC1. The molecule has 0 bridgehead atoms. The third-order valence-electron chi connectivity index (χ3n) is 3.99. The molecule has 2 aliphatic rings. The van der Waals surface area contributed by atoms with Crippen LogP contribution >= 0.6 is 0 Å². The number of carboxylic acids is 1. The summed E-state index contributed by atoms with van der Waals surface area (Å²) in [6, 6.07) is 0. The molecule has 0 spiro atoms. The molecule has 2 rings (SSSR count). The number of carbonyl (C=O) groups excluding carboxylic acids is 1. The van der Waals surface area contributed by atoms with Gasteiger partial charge in [-0.15, -0.1) is 0 Å². The minimum atomic E-state index is -0.988. The van der Waals surface area contributed by atoms with Crippen molar-refractivity contribution in [1.29, 1.82) is 0 Å². The average Bonchev–Trinajstić information content (AvgIpc) is 2.73. The molecule has 1 aliphatic carbocycles. The van der Waals surface area contributed by atoms with Gasteiger partial charge in [-0.2, -0.15) is 0 Å². The number of carbonyl (C=O) groups is 2. The van der Waals surface area contributed by atoms with Crippen LogP contribution in [0.25, 0.3) is 0 Å². The van der Waals surface area contributed by atoms with Gasteiger partial charge >= 0.3 is 5.97 Å². The van der Waals surface area contributed by atoms with Gasteiger partial charge < -0.3 is 10.0 Å². The van der Waals surface area contributed by atoms with Gasteiger partial charge in [-0.3, -0.25) is 4.79 Å².